The summed E-state index contributed by atoms with van der Waals surface area (Å²) in [5, 5.41) is 13.7. The molecule has 0 unspecified atom stereocenters. The van der Waals surface area contributed by atoms with Crippen molar-refractivity contribution in [2.75, 3.05) is 40.9 Å². The van der Waals surface area contributed by atoms with Crippen LogP contribution in [0.4, 0.5) is 0 Å². The van der Waals surface area contributed by atoms with Crippen molar-refractivity contribution in [1.82, 2.24) is 5.32 Å². The lowest BCUT2D eigenvalue weighted by Gasteiger charge is -2.28. The SMILES string of the molecule is CCCCCCCCCCCCC/C=C/[C@@H](O)[C@H](COCC[N+](C)(C)C)NC(=O)C(C)(C)C. The van der Waals surface area contributed by atoms with Gasteiger partial charge in [-0.1, -0.05) is 104 Å². The second-order valence-electron chi connectivity index (χ2n) is 11.7. The van der Waals surface area contributed by atoms with Gasteiger partial charge in [-0.15, -0.1) is 0 Å². The van der Waals surface area contributed by atoms with Crippen molar-refractivity contribution in [3.8, 4) is 0 Å². The van der Waals surface area contributed by atoms with Crippen LogP contribution >= 0.6 is 0 Å². The number of aliphatic hydroxyl groups excluding tert-OH is 1. The quantitative estimate of drug-likeness (QED) is 0.133. The average molecular weight is 470 g/mol. The highest BCUT2D eigenvalue weighted by atomic mass is 16.5. The second-order valence-corrected chi connectivity index (χ2v) is 11.7. The largest absolute Gasteiger partial charge is 0.387 e. The molecule has 0 spiro atoms. The topological polar surface area (TPSA) is 58.6 Å². The van der Waals surface area contributed by atoms with Crippen molar-refractivity contribution < 1.29 is 19.1 Å². The van der Waals surface area contributed by atoms with Crippen LogP contribution in [0.5, 0.6) is 0 Å². The molecule has 0 aromatic heterocycles. The molecule has 5 nitrogen and oxygen atoms in total. The van der Waals surface area contributed by atoms with Crippen LogP contribution in [0.1, 0.15) is 105 Å². The number of aliphatic hydroxyl groups is 1. The first kappa shape index (κ1) is 32.1. The molecular formula is C28H57N2O3+. The number of allylic oxidation sites excluding steroid dienone is 1. The third-order valence-electron chi connectivity index (χ3n) is 5.92. The molecule has 2 atom stereocenters. The van der Waals surface area contributed by atoms with Crippen molar-refractivity contribution in [3.05, 3.63) is 12.2 Å². The molecule has 0 saturated heterocycles. The van der Waals surface area contributed by atoms with E-state index in [1.807, 2.05) is 26.8 Å². The minimum absolute atomic E-state index is 0.0690. The van der Waals surface area contributed by atoms with Gasteiger partial charge in [0, 0.05) is 5.41 Å². The molecular weight excluding hydrogens is 412 g/mol. The molecule has 196 valence electrons. The maximum absolute atomic E-state index is 12.5. The zero-order valence-corrected chi connectivity index (χ0v) is 23.1. The van der Waals surface area contributed by atoms with E-state index in [4.69, 9.17) is 4.74 Å². The first-order chi connectivity index (χ1) is 15.5. The summed E-state index contributed by atoms with van der Waals surface area (Å²) in [6.45, 7) is 9.70. The van der Waals surface area contributed by atoms with Gasteiger partial charge in [0.2, 0.25) is 5.91 Å². The van der Waals surface area contributed by atoms with E-state index in [0.717, 1.165) is 23.9 Å². The number of carbonyl (C=O) groups is 1. The standard InChI is InChI=1S/C28H56N2O3/c1-8-9-10-11-12-13-14-15-16-17-18-19-20-21-26(31)25(29-27(32)28(2,3)4)24-33-23-22-30(5,6)7/h20-21,25-26,31H,8-19,22-24H2,1-7H3/p+1/b21-20+/t25-,26+/m0/s1. The molecule has 1 amide bonds. The second kappa shape index (κ2) is 18.4. The smallest absolute Gasteiger partial charge is 0.225 e. The van der Waals surface area contributed by atoms with Crippen molar-refractivity contribution in [2.24, 2.45) is 5.41 Å². The molecule has 33 heavy (non-hydrogen) atoms. The van der Waals surface area contributed by atoms with Gasteiger partial charge in [-0.05, 0) is 12.8 Å². The average Bonchev–Trinajstić information content (AvgIpc) is 2.71. The lowest BCUT2D eigenvalue weighted by atomic mass is 9.95. The first-order valence-electron chi connectivity index (χ1n) is 13.5. The number of amides is 1. The summed E-state index contributed by atoms with van der Waals surface area (Å²) in [5.41, 5.74) is -0.501. The van der Waals surface area contributed by atoms with Gasteiger partial charge in [0.25, 0.3) is 0 Å². The van der Waals surface area contributed by atoms with Crippen LogP contribution in [-0.4, -0.2) is 68.5 Å². The zero-order chi connectivity index (χ0) is 25.2. The highest BCUT2D eigenvalue weighted by Gasteiger charge is 2.27. The van der Waals surface area contributed by atoms with Crippen molar-refractivity contribution >= 4 is 5.91 Å². The van der Waals surface area contributed by atoms with Crippen molar-refractivity contribution in [2.45, 2.75) is 117 Å². The molecule has 0 aliphatic heterocycles. The molecule has 5 heteroatoms. The van der Waals surface area contributed by atoms with E-state index in [9.17, 15) is 9.90 Å². The molecule has 0 bridgehead atoms. The molecule has 0 saturated carbocycles. The number of carbonyl (C=O) groups excluding carboxylic acids is 1. The van der Waals surface area contributed by atoms with Crippen molar-refractivity contribution in [3.63, 3.8) is 0 Å². The van der Waals surface area contributed by atoms with Gasteiger partial charge in [0.1, 0.15) is 6.54 Å². The third-order valence-corrected chi connectivity index (χ3v) is 5.92. The predicted molar refractivity (Wildman–Crippen MR) is 141 cm³/mol. The van der Waals surface area contributed by atoms with E-state index in [1.165, 1.54) is 64.2 Å². The number of nitrogens with zero attached hydrogens (tertiary/aromatic N) is 1. The summed E-state index contributed by atoms with van der Waals surface area (Å²) < 4.78 is 6.62. The van der Waals surface area contributed by atoms with Gasteiger partial charge in [-0.3, -0.25) is 4.79 Å². The van der Waals surface area contributed by atoms with Gasteiger partial charge in [-0.2, -0.15) is 0 Å². The number of nitrogens with one attached hydrogen (secondary N) is 1. The van der Waals surface area contributed by atoms with Crippen molar-refractivity contribution in [1.29, 1.82) is 0 Å². The van der Waals surface area contributed by atoms with Gasteiger partial charge in [-0.25, -0.2) is 0 Å². The molecule has 2 N–H and O–H groups in total. The molecule has 0 aliphatic rings. The minimum atomic E-state index is -0.742. The fourth-order valence-electron chi connectivity index (χ4n) is 3.46. The van der Waals surface area contributed by atoms with E-state index in [0.29, 0.717) is 13.2 Å². The normalized spacial score (nSPS) is 14.5. The number of unbranched alkanes of at least 4 members (excludes halogenated alkanes) is 11. The van der Waals surface area contributed by atoms with Gasteiger partial charge < -0.3 is 19.6 Å². The Hall–Kier alpha value is -0.910. The van der Waals surface area contributed by atoms with E-state index < -0.39 is 17.6 Å². The number of likely N-dealkylation sites (N-methyl/N-ethyl adjacent to an activating group) is 1. The molecule has 0 fully saturated rings. The summed E-state index contributed by atoms with van der Waals surface area (Å²) in [4.78, 5) is 12.5. The van der Waals surface area contributed by atoms with Crippen LogP contribution < -0.4 is 5.32 Å². The Morgan fingerprint density at radius 1 is 0.939 bits per heavy atom. The third kappa shape index (κ3) is 20.2. The number of rotatable bonds is 20. The summed E-state index contributed by atoms with van der Waals surface area (Å²) in [6, 6.07) is -0.433. The lowest BCUT2D eigenvalue weighted by molar-refractivity contribution is -0.870. The Balaban J connectivity index is 4.20. The molecule has 0 aromatic carbocycles. The van der Waals surface area contributed by atoms with Gasteiger partial charge >= 0.3 is 0 Å². The highest BCUT2D eigenvalue weighted by Crippen LogP contribution is 2.15. The van der Waals surface area contributed by atoms with Crippen LogP contribution in [-0.2, 0) is 9.53 Å². The lowest BCUT2D eigenvalue weighted by Crippen LogP contribution is -2.49. The van der Waals surface area contributed by atoms with E-state index in [2.05, 4.69) is 39.5 Å². The van der Waals surface area contributed by atoms with Crippen LogP contribution in [0.2, 0.25) is 0 Å². The Morgan fingerprint density at radius 3 is 1.94 bits per heavy atom. The fraction of sp³-hybridized carbons (Fsp3) is 0.893. The zero-order valence-electron chi connectivity index (χ0n) is 23.1. The van der Waals surface area contributed by atoms with Gasteiger partial charge in [0.05, 0.1) is 46.5 Å². The summed E-state index contributed by atoms with van der Waals surface area (Å²) in [5.74, 6) is -0.0690. The van der Waals surface area contributed by atoms with E-state index >= 15 is 0 Å². The summed E-state index contributed by atoms with van der Waals surface area (Å²) in [6.07, 6.45) is 18.8. The molecule has 0 aromatic rings. The summed E-state index contributed by atoms with van der Waals surface area (Å²) >= 11 is 0. The number of ether oxygens (including phenoxy) is 1. The molecule has 0 aliphatic carbocycles. The number of hydrogen-bond acceptors (Lipinski definition) is 3. The monoisotopic (exact) mass is 469 g/mol. The Morgan fingerprint density at radius 2 is 1.45 bits per heavy atom. The molecule has 0 heterocycles. The molecule has 0 radical (unpaired) electrons. The van der Waals surface area contributed by atoms with E-state index in [-0.39, 0.29) is 5.91 Å². The fourth-order valence-corrected chi connectivity index (χ4v) is 3.46. The van der Waals surface area contributed by atoms with Crippen LogP contribution in [0.25, 0.3) is 0 Å². The number of quaternary nitrogens is 1. The molecule has 0 rings (SSSR count). The van der Waals surface area contributed by atoms with Gasteiger partial charge in [0.15, 0.2) is 0 Å². The highest BCUT2D eigenvalue weighted by molar-refractivity contribution is 5.81. The number of hydrogen-bond donors (Lipinski definition) is 2. The first-order valence-corrected chi connectivity index (χ1v) is 13.5. The minimum Gasteiger partial charge on any atom is -0.387 e. The predicted octanol–water partition coefficient (Wildman–Crippen LogP) is 5.86. The Kier molecular flexibility index (Phi) is 17.9. The maximum atomic E-state index is 12.5. The Labute approximate surface area is 205 Å². The maximum Gasteiger partial charge on any atom is 0.225 e. The Bertz CT molecular complexity index is 506. The van der Waals surface area contributed by atoms with Crippen LogP contribution in [0.3, 0.4) is 0 Å². The summed E-state index contributed by atoms with van der Waals surface area (Å²) in [7, 11) is 6.36. The van der Waals surface area contributed by atoms with Crippen LogP contribution in [0, 0.1) is 5.41 Å². The van der Waals surface area contributed by atoms with Crippen LogP contribution in [0.15, 0.2) is 12.2 Å². The van der Waals surface area contributed by atoms with E-state index in [1.54, 1.807) is 0 Å².